The van der Waals surface area contributed by atoms with E-state index in [4.69, 9.17) is 4.74 Å². The molecule has 1 heterocycles. The molecule has 1 saturated heterocycles. The zero-order valence-electron chi connectivity index (χ0n) is 17.8. The molecule has 5 heteroatoms. The third kappa shape index (κ3) is 4.81. The number of aryl methyl sites for hydroxylation is 1. The Balaban J connectivity index is 1.30. The van der Waals surface area contributed by atoms with Gasteiger partial charge in [-0.15, -0.1) is 0 Å². The lowest BCUT2D eigenvalue weighted by Gasteiger charge is -2.29. The number of methoxy groups -OCH3 is 1. The Morgan fingerprint density at radius 3 is 2.50 bits per heavy atom. The van der Waals surface area contributed by atoms with E-state index in [9.17, 15) is 4.79 Å². The van der Waals surface area contributed by atoms with E-state index < -0.39 is 0 Å². The van der Waals surface area contributed by atoms with Crippen molar-refractivity contribution in [3.63, 3.8) is 0 Å². The number of benzene rings is 3. The molecule has 1 aliphatic rings. The number of hydrogen-bond donors (Lipinski definition) is 3. The van der Waals surface area contributed by atoms with Crippen LogP contribution in [0, 0.1) is 6.92 Å². The molecule has 1 amide bonds. The number of carbonyl (C=O) groups is 1. The minimum atomic E-state index is 0.0476. The summed E-state index contributed by atoms with van der Waals surface area (Å²) in [4.78, 5) is 15.5. The molecule has 5 nitrogen and oxygen atoms in total. The molecule has 0 aromatic heterocycles. The van der Waals surface area contributed by atoms with Crippen molar-refractivity contribution in [3.8, 4) is 5.75 Å². The first-order chi connectivity index (χ1) is 14.6. The average molecular weight is 406 g/mol. The first-order valence-corrected chi connectivity index (χ1v) is 10.7. The molecule has 0 saturated carbocycles. The second-order valence-corrected chi connectivity index (χ2v) is 8.24. The molecule has 3 N–H and O–H groups in total. The molecular formula is C25H31N3O2+2. The van der Waals surface area contributed by atoms with Crippen molar-refractivity contribution in [1.82, 2.24) is 0 Å². The second-order valence-electron chi connectivity index (χ2n) is 8.24. The second kappa shape index (κ2) is 9.28. The van der Waals surface area contributed by atoms with Gasteiger partial charge in [-0.2, -0.15) is 0 Å². The average Bonchev–Trinajstić information content (AvgIpc) is 2.75. The van der Waals surface area contributed by atoms with Gasteiger partial charge in [0.2, 0.25) is 0 Å². The number of hydrogen-bond acceptors (Lipinski definition) is 2. The summed E-state index contributed by atoms with van der Waals surface area (Å²) in [7, 11) is 1.63. The van der Waals surface area contributed by atoms with Crippen LogP contribution in [0.15, 0.2) is 60.7 Å². The lowest BCUT2D eigenvalue weighted by molar-refractivity contribution is -1.01. The largest absolute Gasteiger partial charge is 0.495 e. The van der Waals surface area contributed by atoms with E-state index in [0.29, 0.717) is 12.3 Å². The number of ether oxygens (including phenoxy) is 1. The smallest absolute Gasteiger partial charge is 0.279 e. The predicted octanol–water partition coefficient (Wildman–Crippen LogP) is 1.08. The summed E-state index contributed by atoms with van der Waals surface area (Å²) in [6.45, 7) is 7.74. The fraction of sp³-hybridized carbons (Fsp3) is 0.320. The van der Waals surface area contributed by atoms with Gasteiger partial charge in [0.15, 0.2) is 6.54 Å². The maximum atomic E-state index is 12.6. The summed E-state index contributed by atoms with van der Waals surface area (Å²) in [5.41, 5.74) is 3.27. The highest BCUT2D eigenvalue weighted by Gasteiger charge is 2.25. The lowest BCUT2D eigenvalue weighted by atomic mass is 10.0. The molecule has 1 fully saturated rings. The highest BCUT2D eigenvalue weighted by molar-refractivity contribution is 5.93. The van der Waals surface area contributed by atoms with Crippen molar-refractivity contribution in [3.05, 3.63) is 71.8 Å². The van der Waals surface area contributed by atoms with Gasteiger partial charge in [0.25, 0.3) is 5.91 Å². The van der Waals surface area contributed by atoms with Crippen molar-refractivity contribution >= 4 is 22.4 Å². The molecule has 0 radical (unpaired) electrons. The zero-order valence-corrected chi connectivity index (χ0v) is 17.8. The lowest BCUT2D eigenvalue weighted by Crippen LogP contribution is -3.28. The van der Waals surface area contributed by atoms with Gasteiger partial charge in [-0.3, -0.25) is 4.79 Å². The molecule has 0 bridgehead atoms. The fourth-order valence-corrected chi connectivity index (χ4v) is 4.37. The van der Waals surface area contributed by atoms with Crippen LogP contribution in [0.1, 0.15) is 11.1 Å². The van der Waals surface area contributed by atoms with Crippen LogP contribution in [0.5, 0.6) is 5.75 Å². The summed E-state index contributed by atoms with van der Waals surface area (Å²) in [5, 5.41) is 5.69. The SMILES string of the molecule is COc1ccc(C)cc1NC(=O)C[NH+]1CC[NH+](Cc2cccc3ccccc23)CC1. The molecule has 0 spiro atoms. The molecular weight excluding hydrogens is 374 g/mol. The first-order valence-electron chi connectivity index (χ1n) is 10.7. The molecule has 0 atom stereocenters. The van der Waals surface area contributed by atoms with Crippen LogP contribution in [0.25, 0.3) is 10.8 Å². The summed E-state index contributed by atoms with van der Waals surface area (Å²) in [5.74, 6) is 0.750. The number of nitrogens with one attached hydrogen (secondary N) is 3. The summed E-state index contributed by atoms with van der Waals surface area (Å²) < 4.78 is 5.37. The van der Waals surface area contributed by atoms with E-state index in [2.05, 4.69) is 47.8 Å². The van der Waals surface area contributed by atoms with Crippen LogP contribution in [0.2, 0.25) is 0 Å². The Bertz CT molecular complexity index is 1020. The maximum Gasteiger partial charge on any atom is 0.279 e. The van der Waals surface area contributed by atoms with E-state index in [1.165, 1.54) is 21.2 Å². The van der Waals surface area contributed by atoms with E-state index in [-0.39, 0.29) is 5.91 Å². The monoisotopic (exact) mass is 405 g/mol. The third-order valence-electron chi connectivity index (χ3n) is 6.02. The number of rotatable bonds is 6. The van der Waals surface area contributed by atoms with Gasteiger partial charge in [0.1, 0.15) is 38.5 Å². The Morgan fingerprint density at radius 1 is 0.967 bits per heavy atom. The number of fused-ring (bicyclic) bond motifs is 1. The van der Waals surface area contributed by atoms with Crippen molar-refractivity contribution in [2.45, 2.75) is 13.5 Å². The number of carbonyl (C=O) groups excluding carboxylic acids is 1. The van der Waals surface area contributed by atoms with Crippen LogP contribution in [0.4, 0.5) is 5.69 Å². The molecule has 156 valence electrons. The van der Waals surface area contributed by atoms with Crippen LogP contribution in [0.3, 0.4) is 0 Å². The summed E-state index contributed by atoms with van der Waals surface area (Å²) in [6, 6.07) is 21.0. The Morgan fingerprint density at radius 2 is 1.70 bits per heavy atom. The zero-order chi connectivity index (χ0) is 20.9. The quantitative estimate of drug-likeness (QED) is 0.575. The van der Waals surface area contributed by atoms with Crippen molar-refractivity contribution in [2.75, 3.05) is 45.2 Å². The minimum absolute atomic E-state index is 0.0476. The van der Waals surface area contributed by atoms with Crippen molar-refractivity contribution < 1.29 is 19.3 Å². The number of quaternary nitrogens is 2. The van der Waals surface area contributed by atoms with E-state index in [1.807, 2.05) is 25.1 Å². The Hall–Kier alpha value is -2.89. The number of anilines is 1. The molecule has 30 heavy (non-hydrogen) atoms. The molecule has 3 aromatic carbocycles. The van der Waals surface area contributed by atoms with E-state index >= 15 is 0 Å². The topological polar surface area (TPSA) is 47.2 Å². The Kier molecular flexibility index (Phi) is 6.31. The molecule has 0 unspecified atom stereocenters. The van der Waals surface area contributed by atoms with Gasteiger partial charge >= 0.3 is 0 Å². The summed E-state index contributed by atoms with van der Waals surface area (Å²) in [6.07, 6.45) is 0. The highest BCUT2D eigenvalue weighted by atomic mass is 16.5. The minimum Gasteiger partial charge on any atom is -0.495 e. The van der Waals surface area contributed by atoms with Gasteiger partial charge in [-0.1, -0.05) is 48.5 Å². The van der Waals surface area contributed by atoms with Crippen LogP contribution in [-0.4, -0.2) is 45.7 Å². The third-order valence-corrected chi connectivity index (χ3v) is 6.02. The van der Waals surface area contributed by atoms with Gasteiger partial charge < -0.3 is 19.9 Å². The standard InChI is InChI=1S/C25H29N3O2/c1-19-10-11-24(30-2)23(16-19)26-25(29)18-28-14-12-27(13-15-28)17-21-8-5-7-20-6-3-4-9-22(20)21/h3-11,16H,12-15,17-18H2,1-2H3,(H,26,29)/p+2. The van der Waals surface area contributed by atoms with E-state index in [0.717, 1.165) is 44.0 Å². The first kappa shape index (κ1) is 20.4. The van der Waals surface area contributed by atoms with Crippen molar-refractivity contribution in [1.29, 1.82) is 0 Å². The molecule has 0 aliphatic carbocycles. The summed E-state index contributed by atoms with van der Waals surface area (Å²) >= 11 is 0. The van der Waals surface area contributed by atoms with Gasteiger partial charge in [0, 0.05) is 5.56 Å². The molecule has 3 aromatic rings. The predicted molar refractivity (Wildman–Crippen MR) is 120 cm³/mol. The fourth-order valence-electron chi connectivity index (χ4n) is 4.37. The van der Waals surface area contributed by atoms with Crippen LogP contribution in [-0.2, 0) is 11.3 Å². The van der Waals surface area contributed by atoms with Gasteiger partial charge in [0.05, 0.1) is 12.8 Å². The van der Waals surface area contributed by atoms with Gasteiger partial charge in [-0.05, 0) is 35.4 Å². The number of piperazine rings is 1. The van der Waals surface area contributed by atoms with Crippen LogP contribution >= 0.6 is 0 Å². The van der Waals surface area contributed by atoms with Crippen LogP contribution < -0.4 is 19.9 Å². The number of amides is 1. The highest BCUT2D eigenvalue weighted by Crippen LogP contribution is 2.24. The molecule has 4 rings (SSSR count). The van der Waals surface area contributed by atoms with Crippen molar-refractivity contribution in [2.24, 2.45) is 0 Å². The normalized spacial score (nSPS) is 18.9. The maximum absolute atomic E-state index is 12.6. The Labute approximate surface area is 178 Å². The van der Waals surface area contributed by atoms with Gasteiger partial charge in [-0.25, -0.2) is 0 Å². The molecule has 1 aliphatic heterocycles. The van der Waals surface area contributed by atoms with E-state index in [1.54, 1.807) is 12.0 Å².